The molecular weight excluding hydrogens is 328 g/mol. The van der Waals surface area contributed by atoms with E-state index in [0.29, 0.717) is 25.3 Å². The number of hydrogen-bond donors (Lipinski definition) is 1. The molecule has 2 aromatic rings. The van der Waals surface area contributed by atoms with Crippen LogP contribution in [0.3, 0.4) is 0 Å². The van der Waals surface area contributed by atoms with Gasteiger partial charge in [0.05, 0.1) is 6.54 Å². The van der Waals surface area contributed by atoms with Crippen molar-refractivity contribution in [3.8, 4) is 0 Å². The quantitative estimate of drug-likeness (QED) is 0.900. The van der Waals surface area contributed by atoms with Crippen molar-refractivity contribution >= 4 is 29.1 Å². The van der Waals surface area contributed by atoms with Gasteiger partial charge in [-0.1, -0.05) is 0 Å². The molecule has 1 aliphatic rings. The first kappa shape index (κ1) is 16.4. The molecule has 0 unspecified atom stereocenters. The summed E-state index contributed by atoms with van der Waals surface area (Å²) >= 11 is 1.50. The van der Waals surface area contributed by atoms with Crippen LogP contribution in [0.25, 0.3) is 0 Å². The molecule has 3 rings (SSSR count). The van der Waals surface area contributed by atoms with Gasteiger partial charge in [0.1, 0.15) is 11.0 Å². The molecule has 1 saturated heterocycles. The van der Waals surface area contributed by atoms with E-state index in [4.69, 9.17) is 0 Å². The van der Waals surface area contributed by atoms with Crippen molar-refractivity contribution in [3.63, 3.8) is 0 Å². The number of anilines is 1. The van der Waals surface area contributed by atoms with Crippen LogP contribution in [0.15, 0.2) is 23.8 Å². The van der Waals surface area contributed by atoms with E-state index in [9.17, 15) is 9.59 Å². The van der Waals surface area contributed by atoms with Gasteiger partial charge in [-0.05, 0) is 12.8 Å². The summed E-state index contributed by atoms with van der Waals surface area (Å²) in [6.45, 7) is 1.05. The fraction of sp³-hybridized carbons (Fsp3) is 0.467. The van der Waals surface area contributed by atoms with Crippen LogP contribution in [0.2, 0.25) is 0 Å². The fourth-order valence-electron chi connectivity index (χ4n) is 2.65. The smallest absolute Gasteiger partial charge is 0.318 e. The topological polar surface area (TPSA) is 83.4 Å². The Balaban J connectivity index is 1.61. The Kier molecular flexibility index (Phi) is 4.79. The Morgan fingerprint density at radius 2 is 2.38 bits per heavy atom. The summed E-state index contributed by atoms with van der Waals surface area (Å²) in [6.07, 6.45) is 4.97. The lowest BCUT2D eigenvalue weighted by molar-refractivity contribution is -0.121. The SMILES string of the molecule is CN(Cc1nccs1)C(=O)N[C@H]1CCCN(c2ccn(C)n2)C1=O. The van der Waals surface area contributed by atoms with Gasteiger partial charge in [-0.2, -0.15) is 5.10 Å². The summed E-state index contributed by atoms with van der Waals surface area (Å²) in [5, 5.41) is 9.83. The van der Waals surface area contributed by atoms with Crippen LogP contribution in [0.4, 0.5) is 10.6 Å². The number of aromatic nitrogens is 3. The molecule has 3 heterocycles. The van der Waals surface area contributed by atoms with Crippen molar-refractivity contribution in [2.75, 3.05) is 18.5 Å². The number of rotatable bonds is 4. The van der Waals surface area contributed by atoms with Gasteiger partial charge >= 0.3 is 6.03 Å². The number of carbonyl (C=O) groups is 2. The van der Waals surface area contributed by atoms with Crippen LogP contribution in [0.1, 0.15) is 17.8 Å². The van der Waals surface area contributed by atoms with E-state index in [2.05, 4.69) is 15.4 Å². The molecule has 1 atom stereocenters. The van der Waals surface area contributed by atoms with Crippen molar-refractivity contribution in [1.29, 1.82) is 0 Å². The molecule has 1 aliphatic heterocycles. The molecule has 3 amide bonds. The van der Waals surface area contributed by atoms with Crippen LogP contribution in [0, 0.1) is 0 Å². The van der Waals surface area contributed by atoms with Gasteiger partial charge in [-0.25, -0.2) is 9.78 Å². The highest BCUT2D eigenvalue weighted by molar-refractivity contribution is 7.09. The molecule has 9 heteroatoms. The van der Waals surface area contributed by atoms with E-state index in [1.54, 1.807) is 35.1 Å². The lowest BCUT2D eigenvalue weighted by Gasteiger charge is -2.32. The summed E-state index contributed by atoms with van der Waals surface area (Å²) in [7, 11) is 3.51. The number of nitrogens with one attached hydrogen (secondary N) is 1. The Bertz CT molecular complexity index is 713. The zero-order valence-corrected chi connectivity index (χ0v) is 14.5. The van der Waals surface area contributed by atoms with Gasteiger partial charge in [-0.15, -0.1) is 11.3 Å². The second kappa shape index (κ2) is 7.00. The van der Waals surface area contributed by atoms with Crippen molar-refractivity contribution in [2.45, 2.75) is 25.4 Å². The third-order valence-electron chi connectivity index (χ3n) is 3.92. The Morgan fingerprint density at radius 1 is 1.54 bits per heavy atom. The molecule has 0 spiro atoms. The molecule has 0 bridgehead atoms. The van der Waals surface area contributed by atoms with Crippen molar-refractivity contribution in [1.82, 2.24) is 25.0 Å². The van der Waals surface area contributed by atoms with Gasteiger partial charge in [-0.3, -0.25) is 14.4 Å². The van der Waals surface area contributed by atoms with Gasteiger partial charge in [0.2, 0.25) is 0 Å². The van der Waals surface area contributed by atoms with Crippen LogP contribution in [0.5, 0.6) is 0 Å². The van der Waals surface area contributed by atoms with E-state index in [0.717, 1.165) is 11.4 Å². The number of hydrogen-bond acceptors (Lipinski definition) is 5. The Labute approximate surface area is 144 Å². The molecule has 0 radical (unpaired) electrons. The lowest BCUT2D eigenvalue weighted by atomic mass is 10.1. The van der Waals surface area contributed by atoms with Crippen LogP contribution >= 0.6 is 11.3 Å². The average molecular weight is 348 g/mol. The first-order valence-electron chi connectivity index (χ1n) is 7.75. The van der Waals surface area contributed by atoms with E-state index in [-0.39, 0.29) is 11.9 Å². The molecule has 24 heavy (non-hydrogen) atoms. The van der Waals surface area contributed by atoms with E-state index >= 15 is 0 Å². The van der Waals surface area contributed by atoms with Crippen LogP contribution in [-0.4, -0.2) is 51.2 Å². The van der Waals surface area contributed by atoms with Crippen molar-refractivity contribution in [3.05, 3.63) is 28.8 Å². The van der Waals surface area contributed by atoms with Crippen LogP contribution in [-0.2, 0) is 18.4 Å². The number of carbonyl (C=O) groups excluding carboxylic acids is 2. The van der Waals surface area contributed by atoms with Gasteiger partial charge < -0.3 is 10.2 Å². The molecule has 2 aromatic heterocycles. The lowest BCUT2D eigenvalue weighted by Crippen LogP contribution is -2.54. The van der Waals surface area contributed by atoms with Crippen LogP contribution < -0.4 is 10.2 Å². The molecule has 0 saturated carbocycles. The normalized spacial score (nSPS) is 17.8. The van der Waals surface area contributed by atoms with E-state index in [1.807, 2.05) is 12.4 Å². The summed E-state index contributed by atoms with van der Waals surface area (Å²) in [5.74, 6) is 0.508. The predicted molar refractivity (Wildman–Crippen MR) is 90.7 cm³/mol. The minimum Gasteiger partial charge on any atom is -0.326 e. The number of nitrogens with zero attached hydrogens (tertiary/aromatic N) is 5. The summed E-state index contributed by atoms with van der Waals surface area (Å²) in [4.78, 5) is 32.3. The zero-order chi connectivity index (χ0) is 17.1. The Hall–Kier alpha value is -2.42. The maximum atomic E-state index is 12.6. The number of urea groups is 1. The molecule has 1 fully saturated rings. The Morgan fingerprint density at radius 3 is 3.04 bits per heavy atom. The first-order valence-corrected chi connectivity index (χ1v) is 8.63. The maximum Gasteiger partial charge on any atom is 0.318 e. The van der Waals surface area contributed by atoms with E-state index < -0.39 is 6.04 Å². The number of thiazole rings is 1. The second-order valence-electron chi connectivity index (χ2n) is 5.76. The zero-order valence-electron chi connectivity index (χ0n) is 13.7. The van der Waals surface area contributed by atoms with Gasteiger partial charge in [0.15, 0.2) is 5.82 Å². The summed E-state index contributed by atoms with van der Waals surface area (Å²) in [6, 6.07) is 1.01. The third-order valence-corrected chi connectivity index (χ3v) is 4.68. The van der Waals surface area contributed by atoms with Crippen molar-refractivity contribution < 1.29 is 9.59 Å². The highest BCUT2D eigenvalue weighted by Gasteiger charge is 2.32. The molecule has 0 aliphatic carbocycles. The molecule has 128 valence electrons. The first-order chi connectivity index (χ1) is 11.5. The molecule has 1 N–H and O–H groups in total. The average Bonchev–Trinajstić information content (AvgIpc) is 3.21. The fourth-order valence-corrected chi connectivity index (χ4v) is 3.32. The van der Waals surface area contributed by atoms with Gasteiger partial charge in [0, 0.05) is 44.5 Å². The molecule has 8 nitrogen and oxygen atoms in total. The van der Waals surface area contributed by atoms with Gasteiger partial charge in [0.25, 0.3) is 5.91 Å². The molecule has 0 aromatic carbocycles. The maximum absolute atomic E-state index is 12.6. The van der Waals surface area contributed by atoms with Crippen molar-refractivity contribution in [2.24, 2.45) is 7.05 Å². The number of piperidine rings is 1. The highest BCUT2D eigenvalue weighted by Crippen LogP contribution is 2.19. The second-order valence-corrected chi connectivity index (χ2v) is 6.74. The summed E-state index contributed by atoms with van der Waals surface area (Å²) in [5.41, 5.74) is 0. The third kappa shape index (κ3) is 3.56. The number of amides is 3. The predicted octanol–water partition coefficient (Wildman–Crippen LogP) is 1.21. The minimum atomic E-state index is -0.521. The standard InChI is InChI=1S/C15H20N6O2S/c1-19(10-13-16-6-9-24-13)15(23)17-11-4-3-7-21(14(11)22)12-5-8-20(2)18-12/h5-6,8-9,11H,3-4,7,10H2,1-2H3,(H,17,23)/t11-/m0/s1. The molecular formula is C15H20N6O2S. The minimum absolute atomic E-state index is 0.115. The largest absolute Gasteiger partial charge is 0.326 e. The highest BCUT2D eigenvalue weighted by atomic mass is 32.1. The monoisotopic (exact) mass is 348 g/mol. The van der Waals surface area contributed by atoms with E-state index in [1.165, 1.54) is 16.2 Å². The number of aryl methyl sites for hydroxylation is 1. The summed E-state index contributed by atoms with van der Waals surface area (Å²) < 4.78 is 1.66.